The number of carbonyl (C=O) groups is 3. The summed E-state index contributed by atoms with van der Waals surface area (Å²) in [4.78, 5) is 37.9. The Bertz CT molecular complexity index is 1330. The summed E-state index contributed by atoms with van der Waals surface area (Å²) in [5.41, 5.74) is 0. The van der Waals surface area contributed by atoms with E-state index in [4.69, 9.17) is 14.2 Å². The molecule has 6 nitrogen and oxygen atoms in total. The van der Waals surface area contributed by atoms with Gasteiger partial charge in [0.25, 0.3) is 0 Å². The summed E-state index contributed by atoms with van der Waals surface area (Å²) in [6, 6.07) is 0. The van der Waals surface area contributed by atoms with Gasteiger partial charge < -0.3 is 14.2 Å². The fourth-order valence-electron chi connectivity index (χ4n) is 6.53. The average Bonchev–Trinajstić information content (AvgIpc) is 3.28. The number of esters is 3. The number of hydrogen-bond donors (Lipinski definition) is 0. The van der Waals surface area contributed by atoms with Gasteiger partial charge in [-0.05, 0) is 96.3 Å². The van der Waals surface area contributed by atoms with E-state index in [1.807, 2.05) is 0 Å². The van der Waals surface area contributed by atoms with Crippen molar-refractivity contribution >= 4 is 17.9 Å². The molecule has 0 aromatic carbocycles. The summed E-state index contributed by atoms with van der Waals surface area (Å²) in [7, 11) is 0. The highest BCUT2D eigenvalue weighted by molar-refractivity contribution is 5.71. The monoisotopic (exact) mass is 873 g/mol. The van der Waals surface area contributed by atoms with Gasteiger partial charge in [-0.3, -0.25) is 14.4 Å². The Morgan fingerprint density at radius 1 is 0.333 bits per heavy atom. The van der Waals surface area contributed by atoms with E-state index < -0.39 is 6.10 Å². The van der Waals surface area contributed by atoms with Crippen LogP contribution in [0.15, 0.2) is 109 Å². The van der Waals surface area contributed by atoms with Crippen LogP contribution in [-0.4, -0.2) is 37.2 Å². The number of hydrogen-bond acceptors (Lipinski definition) is 6. The summed E-state index contributed by atoms with van der Waals surface area (Å²) in [6.07, 6.45) is 67.9. The van der Waals surface area contributed by atoms with Crippen LogP contribution in [0.3, 0.4) is 0 Å². The minimum absolute atomic E-state index is 0.109. The minimum atomic E-state index is -0.817. The molecule has 0 saturated heterocycles. The number of rotatable bonds is 44. The van der Waals surface area contributed by atoms with Crippen molar-refractivity contribution in [2.24, 2.45) is 0 Å². The second kappa shape index (κ2) is 50.7. The van der Waals surface area contributed by atoms with Crippen LogP contribution < -0.4 is 0 Å². The molecule has 0 saturated carbocycles. The lowest BCUT2D eigenvalue weighted by Gasteiger charge is -2.18. The van der Waals surface area contributed by atoms with E-state index in [1.165, 1.54) is 57.8 Å². The van der Waals surface area contributed by atoms with Gasteiger partial charge in [0.05, 0.1) is 0 Å². The summed E-state index contributed by atoms with van der Waals surface area (Å²) >= 11 is 0. The van der Waals surface area contributed by atoms with Gasteiger partial charge >= 0.3 is 17.9 Å². The normalized spacial score (nSPS) is 13.0. The third kappa shape index (κ3) is 49.0. The zero-order valence-corrected chi connectivity index (χ0v) is 40.5. The first-order valence-corrected chi connectivity index (χ1v) is 25.4. The fraction of sp³-hybridized carbons (Fsp3) is 0.632. The molecule has 0 amide bonds. The van der Waals surface area contributed by atoms with Gasteiger partial charge in [0.1, 0.15) is 13.2 Å². The zero-order valence-electron chi connectivity index (χ0n) is 40.5. The molecular weight excluding hydrogens is 781 g/mol. The molecule has 0 rings (SSSR count). The molecule has 63 heavy (non-hydrogen) atoms. The molecule has 0 aromatic rings. The molecule has 0 fully saturated rings. The molecule has 0 bridgehead atoms. The van der Waals surface area contributed by atoms with Crippen LogP contribution in [0.5, 0.6) is 0 Å². The van der Waals surface area contributed by atoms with Crippen LogP contribution in [0.4, 0.5) is 0 Å². The summed E-state index contributed by atoms with van der Waals surface area (Å²) < 4.78 is 16.7. The highest BCUT2D eigenvalue weighted by Crippen LogP contribution is 2.14. The smallest absolute Gasteiger partial charge is 0.306 e. The Morgan fingerprint density at radius 2 is 0.635 bits per heavy atom. The van der Waals surface area contributed by atoms with Gasteiger partial charge in [0.2, 0.25) is 0 Å². The molecule has 6 heteroatoms. The van der Waals surface area contributed by atoms with Crippen molar-refractivity contribution in [2.75, 3.05) is 13.2 Å². The third-order valence-electron chi connectivity index (χ3n) is 10.3. The lowest BCUT2D eigenvalue weighted by molar-refractivity contribution is -0.167. The standard InChI is InChI=1S/C57H92O6/c1-4-7-10-13-16-19-22-25-27-29-31-32-35-38-41-44-47-50-56(59)62-53-54(52-61-55(58)49-46-43-40-37-34-24-21-18-15-12-9-6-3)63-57(60)51-48-45-42-39-36-33-30-28-26-23-20-17-14-11-8-5-2/h7-8,10-11,16-17,19-20,25-28,31-33,36,38,41,54H,4-6,9,12-15,18,21-24,29-30,34-35,37,39-40,42-53H2,1-3H3/b10-7-,11-8-,19-16-,20-17-,27-25-,28-26-,32-31-,36-33-,41-38-. The van der Waals surface area contributed by atoms with Gasteiger partial charge in [-0.1, -0.05) is 207 Å². The average molecular weight is 873 g/mol. The van der Waals surface area contributed by atoms with E-state index in [1.54, 1.807) is 0 Å². The minimum Gasteiger partial charge on any atom is -0.462 e. The van der Waals surface area contributed by atoms with Crippen molar-refractivity contribution in [2.45, 2.75) is 219 Å². The Balaban J connectivity index is 4.55. The van der Waals surface area contributed by atoms with E-state index >= 15 is 0 Å². The van der Waals surface area contributed by atoms with Crippen molar-refractivity contribution < 1.29 is 28.6 Å². The zero-order chi connectivity index (χ0) is 45.8. The molecular formula is C57H92O6. The first-order valence-electron chi connectivity index (χ1n) is 25.4. The predicted molar refractivity (Wildman–Crippen MR) is 270 cm³/mol. The van der Waals surface area contributed by atoms with E-state index in [2.05, 4.69) is 130 Å². The first kappa shape index (κ1) is 59.1. The van der Waals surface area contributed by atoms with Crippen molar-refractivity contribution in [3.63, 3.8) is 0 Å². The Hall–Kier alpha value is -3.93. The second-order valence-corrected chi connectivity index (χ2v) is 16.3. The molecule has 0 N–H and O–H groups in total. The Morgan fingerprint density at radius 3 is 1.03 bits per heavy atom. The number of ether oxygens (including phenoxy) is 3. The summed E-state index contributed by atoms with van der Waals surface area (Å²) in [5.74, 6) is -1.01. The highest BCUT2D eigenvalue weighted by atomic mass is 16.6. The van der Waals surface area contributed by atoms with E-state index in [0.717, 1.165) is 103 Å². The molecule has 1 atom stereocenters. The van der Waals surface area contributed by atoms with E-state index in [-0.39, 0.29) is 44.0 Å². The highest BCUT2D eigenvalue weighted by Gasteiger charge is 2.19. The maximum Gasteiger partial charge on any atom is 0.306 e. The molecule has 0 heterocycles. The van der Waals surface area contributed by atoms with Gasteiger partial charge in [0.15, 0.2) is 6.10 Å². The maximum atomic E-state index is 12.8. The SMILES string of the molecule is CC/C=C\C/C=C\C/C=C\C/C=C\C/C=C\CCCC(=O)OCC(COC(=O)CCCCCCCCCCCCCC)OC(=O)CCCCC/C=C\C/C=C\C/C=C\C/C=C\CC. The second-order valence-electron chi connectivity index (χ2n) is 16.3. The quantitative estimate of drug-likeness (QED) is 0.0263. The van der Waals surface area contributed by atoms with E-state index in [0.29, 0.717) is 19.3 Å². The van der Waals surface area contributed by atoms with Crippen molar-refractivity contribution in [3.05, 3.63) is 109 Å². The van der Waals surface area contributed by atoms with Crippen molar-refractivity contribution in [1.82, 2.24) is 0 Å². The molecule has 0 radical (unpaired) electrons. The first-order chi connectivity index (χ1) is 31.0. The van der Waals surface area contributed by atoms with Gasteiger partial charge in [-0.2, -0.15) is 0 Å². The van der Waals surface area contributed by atoms with Crippen LogP contribution in [0.1, 0.15) is 213 Å². The van der Waals surface area contributed by atoms with Crippen LogP contribution in [0.25, 0.3) is 0 Å². The van der Waals surface area contributed by atoms with Crippen molar-refractivity contribution in [3.8, 4) is 0 Å². The van der Waals surface area contributed by atoms with Crippen LogP contribution >= 0.6 is 0 Å². The van der Waals surface area contributed by atoms with Gasteiger partial charge in [0, 0.05) is 19.3 Å². The molecule has 0 spiro atoms. The predicted octanol–water partition coefficient (Wildman–Crippen LogP) is 16.8. The topological polar surface area (TPSA) is 78.9 Å². The van der Waals surface area contributed by atoms with Gasteiger partial charge in [-0.25, -0.2) is 0 Å². The Kier molecular flexibility index (Phi) is 47.5. The van der Waals surface area contributed by atoms with Gasteiger partial charge in [-0.15, -0.1) is 0 Å². The van der Waals surface area contributed by atoms with E-state index in [9.17, 15) is 14.4 Å². The fourth-order valence-corrected chi connectivity index (χ4v) is 6.53. The molecule has 1 unspecified atom stereocenters. The number of carbonyl (C=O) groups excluding carboxylic acids is 3. The molecule has 0 aliphatic carbocycles. The Labute approximate surface area is 387 Å². The summed E-state index contributed by atoms with van der Waals surface area (Å²) in [5, 5.41) is 0. The van der Waals surface area contributed by atoms with Crippen molar-refractivity contribution in [1.29, 1.82) is 0 Å². The van der Waals surface area contributed by atoms with Crippen LogP contribution in [-0.2, 0) is 28.6 Å². The largest absolute Gasteiger partial charge is 0.462 e. The lowest BCUT2D eigenvalue weighted by Crippen LogP contribution is -2.30. The third-order valence-corrected chi connectivity index (χ3v) is 10.3. The lowest BCUT2D eigenvalue weighted by atomic mass is 10.0. The van der Waals surface area contributed by atoms with Crippen LogP contribution in [0, 0.1) is 0 Å². The number of unbranched alkanes of at least 4 members (excludes halogenated alkanes) is 15. The maximum absolute atomic E-state index is 12.8. The molecule has 0 aromatic heterocycles. The van der Waals surface area contributed by atoms with Crippen LogP contribution in [0.2, 0.25) is 0 Å². The molecule has 0 aliphatic heterocycles. The molecule has 0 aliphatic rings. The summed E-state index contributed by atoms with van der Waals surface area (Å²) in [6.45, 7) is 6.32. The number of allylic oxidation sites excluding steroid dienone is 18. The molecule has 356 valence electrons.